The molecule has 3 aromatic rings. The molecular weight excluding hydrogens is 296 g/mol. The van der Waals surface area contributed by atoms with Crippen LogP contribution in [0.15, 0.2) is 49.1 Å². The van der Waals surface area contributed by atoms with Crippen LogP contribution in [0, 0.1) is 20.8 Å². The fourth-order valence-electron chi connectivity index (χ4n) is 2.85. The molecule has 0 bridgehead atoms. The van der Waals surface area contributed by atoms with Crippen molar-refractivity contribution in [2.24, 2.45) is 0 Å². The predicted octanol–water partition coefficient (Wildman–Crippen LogP) is 4.04. The molecule has 0 aliphatic rings. The van der Waals surface area contributed by atoms with Gasteiger partial charge in [-0.05, 0) is 67.6 Å². The van der Waals surface area contributed by atoms with Crippen LogP contribution < -0.4 is 5.32 Å². The Hall–Kier alpha value is -2.46. The van der Waals surface area contributed by atoms with E-state index >= 15 is 0 Å². The Balaban J connectivity index is 1.67. The monoisotopic (exact) mass is 320 g/mol. The Kier molecular flexibility index (Phi) is 4.76. The second kappa shape index (κ2) is 6.97. The van der Waals surface area contributed by atoms with E-state index in [1.165, 1.54) is 27.8 Å². The van der Waals surface area contributed by atoms with Gasteiger partial charge in [0.1, 0.15) is 12.7 Å². The van der Waals surface area contributed by atoms with Crippen LogP contribution in [-0.2, 0) is 6.54 Å². The standard InChI is InChI=1S/C20H24N4/c1-14-9-16(3)19(10-15(14)2)11-22-17(4)18-5-7-20(8-6-18)24-13-21-12-23-24/h5-10,12-13,17,22H,11H2,1-4H3/t17-/m1/s1. The van der Waals surface area contributed by atoms with E-state index in [0.29, 0.717) is 0 Å². The molecular formula is C20H24N4. The van der Waals surface area contributed by atoms with Crippen molar-refractivity contribution in [3.63, 3.8) is 0 Å². The molecule has 124 valence electrons. The SMILES string of the molecule is Cc1cc(C)c(CN[C@H](C)c2ccc(-n3cncn3)cc2)cc1C. The van der Waals surface area contributed by atoms with Gasteiger partial charge in [0.15, 0.2) is 0 Å². The molecule has 0 spiro atoms. The van der Waals surface area contributed by atoms with Crippen molar-refractivity contribution >= 4 is 0 Å². The van der Waals surface area contributed by atoms with E-state index in [2.05, 4.69) is 79.5 Å². The van der Waals surface area contributed by atoms with E-state index in [1.54, 1.807) is 17.3 Å². The molecule has 1 N–H and O–H groups in total. The maximum atomic E-state index is 4.15. The molecule has 1 heterocycles. The van der Waals surface area contributed by atoms with Crippen molar-refractivity contribution in [1.29, 1.82) is 0 Å². The fourth-order valence-corrected chi connectivity index (χ4v) is 2.85. The average Bonchev–Trinajstić information content (AvgIpc) is 3.11. The second-order valence-corrected chi connectivity index (χ2v) is 6.40. The quantitative estimate of drug-likeness (QED) is 0.771. The molecule has 4 nitrogen and oxygen atoms in total. The van der Waals surface area contributed by atoms with Gasteiger partial charge in [-0.3, -0.25) is 0 Å². The molecule has 1 atom stereocenters. The van der Waals surface area contributed by atoms with Crippen LogP contribution in [0.2, 0.25) is 0 Å². The van der Waals surface area contributed by atoms with Crippen molar-refractivity contribution in [3.8, 4) is 5.69 Å². The van der Waals surface area contributed by atoms with Crippen molar-refractivity contribution < 1.29 is 0 Å². The van der Waals surface area contributed by atoms with Crippen molar-refractivity contribution in [2.45, 2.75) is 40.3 Å². The zero-order valence-electron chi connectivity index (χ0n) is 14.7. The summed E-state index contributed by atoms with van der Waals surface area (Å²) in [6.07, 6.45) is 3.25. The summed E-state index contributed by atoms with van der Waals surface area (Å²) in [5, 5.41) is 7.77. The largest absolute Gasteiger partial charge is 0.306 e. The summed E-state index contributed by atoms with van der Waals surface area (Å²) in [6.45, 7) is 9.59. The number of nitrogens with one attached hydrogen (secondary N) is 1. The second-order valence-electron chi connectivity index (χ2n) is 6.40. The molecule has 3 rings (SSSR count). The van der Waals surface area contributed by atoms with Gasteiger partial charge < -0.3 is 5.32 Å². The Morgan fingerprint density at radius 2 is 1.71 bits per heavy atom. The van der Waals surface area contributed by atoms with Gasteiger partial charge >= 0.3 is 0 Å². The summed E-state index contributed by atoms with van der Waals surface area (Å²) in [7, 11) is 0. The van der Waals surface area contributed by atoms with E-state index in [4.69, 9.17) is 0 Å². The third kappa shape index (κ3) is 3.54. The van der Waals surface area contributed by atoms with E-state index < -0.39 is 0 Å². The lowest BCUT2D eigenvalue weighted by Gasteiger charge is -2.17. The van der Waals surface area contributed by atoms with E-state index in [9.17, 15) is 0 Å². The van der Waals surface area contributed by atoms with Crippen LogP contribution in [0.5, 0.6) is 0 Å². The first-order chi connectivity index (χ1) is 11.5. The summed E-state index contributed by atoms with van der Waals surface area (Å²) >= 11 is 0. The molecule has 0 saturated heterocycles. The molecule has 0 amide bonds. The summed E-state index contributed by atoms with van der Waals surface area (Å²) in [5.41, 5.74) is 7.70. The lowest BCUT2D eigenvalue weighted by Crippen LogP contribution is -2.19. The van der Waals surface area contributed by atoms with Gasteiger partial charge in [0.25, 0.3) is 0 Å². The lowest BCUT2D eigenvalue weighted by molar-refractivity contribution is 0.573. The molecule has 2 aromatic carbocycles. The minimum Gasteiger partial charge on any atom is -0.306 e. The summed E-state index contributed by atoms with van der Waals surface area (Å²) in [6, 6.07) is 13.3. The van der Waals surface area contributed by atoms with Crippen LogP contribution >= 0.6 is 0 Å². The highest BCUT2D eigenvalue weighted by molar-refractivity contribution is 5.37. The van der Waals surface area contributed by atoms with Gasteiger partial charge in [-0.25, -0.2) is 9.67 Å². The normalized spacial score (nSPS) is 12.3. The van der Waals surface area contributed by atoms with Gasteiger partial charge in [-0.2, -0.15) is 5.10 Å². The first-order valence-corrected chi connectivity index (χ1v) is 8.29. The Morgan fingerprint density at radius 3 is 2.38 bits per heavy atom. The topological polar surface area (TPSA) is 42.7 Å². The van der Waals surface area contributed by atoms with Crippen molar-refractivity contribution in [3.05, 3.63) is 76.9 Å². The molecule has 0 aliphatic carbocycles. The van der Waals surface area contributed by atoms with Crippen molar-refractivity contribution in [2.75, 3.05) is 0 Å². The summed E-state index contributed by atoms with van der Waals surface area (Å²) < 4.78 is 1.76. The number of hydrogen-bond donors (Lipinski definition) is 1. The molecule has 0 unspecified atom stereocenters. The molecule has 4 heteroatoms. The number of aromatic nitrogens is 3. The van der Waals surface area contributed by atoms with Crippen LogP contribution in [0.4, 0.5) is 0 Å². The highest BCUT2D eigenvalue weighted by Gasteiger charge is 2.08. The number of rotatable bonds is 5. The van der Waals surface area contributed by atoms with Gasteiger partial charge in [0.2, 0.25) is 0 Å². The zero-order valence-corrected chi connectivity index (χ0v) is 14.7. The smallest absolute Gasteiger partial charge is 0.138 e. The third-order valence-electron chi connectivity index (χ3n) is 4.63. The zero-order chi connectivity index (χ0) is 17.1. The maximum absolute atomic E-state index is 4.15. The highest BCUT2D eigenvalue weighted by Crippen LogP contribution is 2.18. The minimum atomic E-state index is 0.288. The number of hydrogen-bond acceptors (Lipinski definition) is 3. The first kappa shape index (κ1) is 16.4. The van der Waals surface area contributed by atoms with Gasteiger partial charge in [-0.15, -0.1) is 0 Å². The van der Waals surface area contributed by atoms with Crippen molar-refractivity contribution in [1.82, 2.24) is 20.1 Å². The van der Waals surface area contributed by atoms with E-state index in [1.807, 2.05) is 0 Å². The molecule has 0 radical (unpaired) electrons. The van der Waals surface area contributed by atoms with Gasteiger partial charge in [-0.1, -0.05) is 24.3 Å². The van der Waals surface area contributed by atoms with Crippen LogP contribution in [0.1, 0.15) is 40.8 Å². The number of aryl methyl sites for hydroxylation is 3. The highest BCUT2D eigenvalue weighted by atomic mass is 15.3. The van der Waals surface area contributed by atoms with E-state index in [-0.39, 0.29) is 6.04 Å². The van der Waals surface area contributed by atoms with Gasteiger partial charge in [0.05, 0.1) is 5.69 Å². The first-order valence-electron chi connectivity index (χ1n) is 8.29. The molecule has 24 heavy (non-hydrogen) atoms. The summed E-state index contributed by atoms with van der Waals surface area (Å²) in [5.74, 6) is 0. The number of benzene rings is 2. The maximum Gasteiger partial charge on any atom is 0.138 e. The third-order valence-corrected chi connectivity index (χ3v) is 4.63. The summed E-state index contributed by atoms with van der Waals surface area (Å²) in [4.78, 5) is 3.98. The molecule has 0 aliphatic heterocycles. The van der Waals surface area contributed by atoms with Crippen LogP contribution in [0.3, 0.4) is 0 Å². The van der Waals surface area contributed by atoms with Crippen LogP contribution in [0.25, 0.3) is 5.69 Å². The molecule has 1 aromatic heterocycles. The fraction of sp³-hybridized carbons (Fsp3) is 0.300. The number of nitrogens with zero attached hydrogens (tertiary/aromatic N) is 3. The lowest BCUT2D eigenvalue weighted by atomic mass is 10.0. The Morgan fingerprint density at radius 1 is 1.00 bits per heavy atom. The Labute approximate surface area is 143 Å². The minimum absolute atomic E-state index is 0.288. The predicted molar refractivity (Wildman–Crippen MR) is 97.3 cm³/mol. The molecule has 0 saturated carbocycles. The van der Waals surface area contributed by atoms with Gasteiger partial charge in [0, 0.05) is 12.6 Å². The van der Waals surface area contributed by atoms with Crippen LogP contribution in [-0.4, -0.2) is 14.8 Å². The Bertz CT molecular complexity index is 804. The average molecular weight is 320 g/mol. The molecule has 0 fully saturated rings. The van der Waals surface area contributed by atoms with E-state index in [0.717, 1.165) is 12.2 Å².